The Labute approximate surface area is 203 Å². The molecule has 1 saturated heterocycles. The van der Waals surface area contributed by atoms with Crippen LogP contribution in [0.15, 0.2) is 72.8 Å². The molecule has 0 radical (unpaired) electrons. The summed E-state index contributed by atoms with van der Waals surface area (Å²) >= 11 is 0. The van der Waals surface area contributed by atoms with Gasteiger partial charge in [-0.25, -0.2) is 14.8 Å². The number of amides is 1. The predicted octanol–water partition coefficient (Wildman–Crippen LogP) is 5.16. The highest BCUT2D eigenvalue weighted by atomic mass is 16.4. The zero-order valence-corrected chi connectivity index (χ0v) is 19.4. The third kappa shape index (κ3) is 4.84. The molecular weight excluding hydrogens is 440 g/mol. The normalized spacial score (nSPS) is 14.1. The second kappa shape index (κ2) is 9.54. The van der Waals surface area contributed by atoms with E-state index in [-0.39, 0.29) is 17.4 Å². The molecule has 1 fully saturated rings. The van der Waals surface area contributed by atoms with Crippen molar-refractivity contribution in [1.29, 1.82) is 0 Å². The lowest BCUT2D eigenvalue weighted by Gasteiger charge is -2.31. The van der Waals surface area contributed by atoms with Gasteiger partial charge in [0.2, 0.25) is 11.9 Å². The number of aromatic carboxylic acids is 1. The van der Waals surface area contributed by atoms with Gasteiger partial charge in [-0.05, 0) is 56.2 Å². The van der Waals surface area contributed by atoms with Gasteiger partial charge < -0.3 is 15.3 Å². The summed E-state index contributed by atoms with van der Waals surface area (Å²) < 4.78 is 0. The number of carboxylic acids is 1. The molecule has 7 heteroatoms. The Balaban J connectivity index is 1.32. The molecule has 5 rings (SSSR count). The van der Waals surface area contributed by atoms with Gasteiger partial charge in [-0.3, -0.25) is 4.79 Å². The molecule has 1 aliphatic rings. The van der Waals surface area contributed by atoms with Crippen molar-refractivity contribution in [2.75, 3.05) is 23.3 Å². The van der Waals surface area contributed by atoms with Crippen molar-refractivity contribution in [2.45, 2.75) is 19.8 Å². The maximum atomic E-state index is 12.8. The van der Waals surface area contributed by atoms with E-state index in [1.54, 1.807) is 12.1 Å². The van der Waals surface area contributed by atoms with E-state index >= 15 is 0 Å². The summed E-state index contributed by atoms with van der Waals surface area (Å²) in [6.45, 7) is 3.43. The quantitative estimate of drug-likeness (QED) is 0.422. The minimum Gasteiger partial charge on any atom is -0.478 e. The van der Waals surface area contributed by atoms with E-state index in [1.807, 2.05) is 24.3 Å². The maximum Gasteiger partial charge on any atom is 0.335 e. The van der Waals surface area contributed by atoms with Crippen LogP contribution in [0.2, 0.25) is 0 Å². The molecule has 0 unspecified atom stereocenters. The number of nitrogens with one attached hydrogen (secondary N) is 1. The molecule has 0 spiro atoms. The van der Waals surface area contributed by atoms with Crippen molar-refractivity contribution in [3.63, 3.8) is 0 Å². The molecule has 1 aliphatic heterocycles. The monoisotopic (exact) mass is 466 g/mol. The predicted molar refractivity (Wildman–Crippen MR) is 137 cm³/mol. The van der Waals surface area contributed by atoms with E-state index in [2.05, 4.69) is 41.4 Å². The van der Waals surface area contributed by atoms with Crippen LogP contribution in [-0.2, 0) is 4.79 Å². The van der Waals surface area contributed by atoms with E-state index in [9.17, 15) is 9.59 Å². The van der Waals surface area contributed by atoms with Crippen LogP contribution >= 0.6 is 0 Å². The van der Waals surface area contributed by atoms with Crippen molar-refractivity contribution in [2.24, 2.45) is 5.92 Å². The number of carbonyl (C=O) groups excluding carboxylic acids is 1. The number of fused-ring (bicyclic) bond motifs is 1. The number of hydrogen-bond acceptors (Lipinski definition) is 5. The highest BCUT2D eigenvalue weighted by molar-refractivity contribution is 5.95. The molecule has 0 bridgehead atoms. The molecular formula is C28H26N4O3. The highest BCUT2D eigenvalue weighted by Gasteiger charge is 2.27. The summed E-state index contributed by atoms with van der Waals surface area (Å²) in [6.07, 6.45) is 1.38. The lowest BCUT2D eigenvalue weighted by Crippen LogP contribution is -2.39. The van der Waals surface area contributed by atoms with Crippen LogP contribution in [-0.4, -0.2) is 40.0 Å². The molecule has 2 N–H and O–H groups in total. The number of rotatable bonds is 5. The summed E-state index contributed by atoms with van der Waals surface area (Å²) in [5, 5.41) is 13.0. The van der Waals surface area contributed by atoms with Crippen LogP contribution < -0.4 is 10.2 Å². The number of nitrogens with zero attached hydrogens (tertiary/aromatic N) is 3. The molecule has 3 aromatic carbocycles. The van der Waals surface area contributed by atoms with Gasteiger partial charge in [0.15, 0.2) is 0 Å². The third-order valence-electron chi connectivity index (χ3n) is 6.43. The zero-order valence-electron chi connectivity index (χ0n) is 19.4. The molecule has 0 aliphatic carbocycles. The molecule has 4 aromatic rings. The van der Waals surface area contributed by atoms with Crippen molar-refractivity contribution >= 4 is 34.4 Å². The molecule has 1 aromatic heterocycles. The van der Waals surface area contributed by atoms with Gasteiger partial charge in [-0.1, -0.05) is 42.0 Å². The Morgan fingerprint density at radius 1 is 0.943 bits per heavy atom. The van der Waals surface area contributed by atoms with Crippen LogP contribution in [0.4, 0.5) is 11.6 Å². The molecule has 176 valence electrons. The first-order chi connectivity index (χ1) is 17.0. The lowest BCUT2D eigenvalue weighted by molar-refractivity contribution is -0.120. The SMILES string of the molecule is Cc1ccc2nc(N3CCC(C(=O)Nc4ccc(C(=O)O)cc4)CC3)nc(-c3ccccc3)c2c1. The number of piperidine rings is 1. The van der Waals surface area contributed by atoms with E-state index in [1.165, 1.54) is 12.1 Å². The summed E-state index contributed by atoms with van der Waals surface area (Å²) in [7, 11) is 0. The Morgan fingerprint density at radius 3 is 2.34 bits per heavy atom. The topological polar surface area (TPSA) is 95.4 Å². The molecule has 7 nitrogen and oxygen atoms in total. The fourth-order valence-corrected chi connectivity index (χ4v) is 4.47. The minimum absolute atomic E-state index is 0.0485. The Bertz CT molecular complexity index is 1380. The smallest absolute Gasteiger partial charge is 0.335 e. The number of hydrogen-bond donors (Lipinski definition) is 2. The summed E-state index contributed by atoms with van der Waals surface area (Å²) in [6, 6.07) is 22.6. The fraction of sp³-hybridized carbons (Fsp3) is 0.214. The molecule has 0 saturated carbocycles. The second-order valence-electron chi connectivity index (χ2n) is 8.89. The van der Waals surface area contributed by atoms with Gasteiger partial charge in [0.25, 0.3) is 0 Å². The Hall–Kier alpha value is -4.26. The van der Waals surface area contributed by atoms with Crippen molar-refractivity contribution in [3.8, 4) is 11.3 Å². The number of carbonyl (C=O) groups is 2. The number of aryl methyl sites for hydroxylation is 1. The Kier molecular flexibility index (Phi) is 6.14. The van der Waals surface area contributed by atoms with Crippen LogP contribution in [0.3, 0.4) is 0 Å². The summed E-state index contributed by atoms with van der Waals surface area (Å²) in [4.78, 5) is 35.8. The Morgan fingerprint density at radius 2 is 1.66 bits per heavy atom. The van der Waals surface area contributed by atoms with Crippen LogP contribution in [0.1, 0.15) is 28.8 Å². The van der Waals surface area contributed by atoms with Gasteiger partial charge in [-0.15, -0.1) is 0 Å². The van der Waals surface area contributed by atoms with Gasteiger partial charge in [0, 0.05) is 35.6 Å². The van der Waals surface area contributed by atoms with Crippen molar-refractivity contribution in [3.05, 3.63) is 83.9 Å². The number of carboxylic acid groups (broad SMARTS) is 1. The van der Waals surface area contributed by atoms with E-state index in [4.69, 9.17) is 15.1 Å². The lowest BCUT2D eigenvalue weighted by atomic mass is 9.96. The number of aromatic nitrogens is 2. The molecule has 2 heterocycles. The first-order valence-electron chi connectivity index (χ1n) is 11.7. The van der Waals surface area contributed by atoms with E-state index in [0.29, 0.717) is 37.6 Å². The van der Waals surface area contributed by atoms with Crippen molar-refractivity contribution in [1.82, 2.24) is 9.97 Å². The van der Waals surface area contributed by atoms with Crippen LogP contribution in [0.25, 0.3) is 22.2 Å². The molecule has 1 amide bonds. The number of benzene rings is 3. The maximum absolute atomic E-state index is 12.8. The number of anilines is 2. The summed E-state index contributed by atoms with van der Waals surface area (Å²) in [5.74, 6) is -0.477. The molecule has 0 atom stereocenters. The minimum atomic E-state index is -0.989. The average Bonchev–Trinajstić information content (AvgIpc) is 2.89. The average molecular weight is 467 g/mol. The van der Waals surface area contributed by atoms with Gasteiger partial charge in [-0.2, -0.15) is 0 Å². The largest absolute Gasteiger partial charge is 0.478 e. The summed E-state index contributed by atoms with van der Waals surface area (Å²) in [5.41, 5.74) is 4.83. The van der Waals surface area contributed by atoms with Gasteiger partial charge in [0.1, 0.15) is 0 Å². The zero-order chi connectivity index (χ0) is 24.4. The third-order valence-corrected chi connectivity index (χ3v) is 6.43. The molecule has 35 heavy (non-hydrogen) atoms. The fourth-order valence-electron chi connectivity index (χ4n) is 4.47. The standard InChI is InChI=1S/C28H26N4O3/c1-18-7-12-24-23(17-18)25(19-5-3-2-4-6-19)31-28(30-24)32-15-13-20(14-16-32)26(33)29-22-10-8-21(9-11-22)27(34)35/h2-12,17,20H,13-16H2,1H3,(H,29,33)(H,34,35). The van der Waals surface area contributed by atoms with Gasteiger partial charge in [0.05, 0.1) is 16.8 Å². The first kappa shape index (κ1) is 22.5. The van der Waals surface area contributed by atoms with Gasteiger partial charge >= 0.3 is 5.97 Å². The van der Waals surface area contributed by atoms with E-state index < -0.39 is 5.97 Å². The van der Waals surface area contributed by atoms with Crippen LogP contribution in [0.5, 0.6) is 0 Å². The highest BCUT2D eigenvalue weighted by Crippen LogP contribution is 2.30. The van der Waals surface area contributed by atoms with Crippen molar-refractivity contribution < 1.29 is 14.7 Å². The van der Waals surface area contributed by atoms with Crippen LogP contribution in [0, 0.1) is 12.8 Å². The first-order valence-corrected chi connectivity index (χ1v) is 11.7. The second-order valence-corrected chi connectivity index (χ2v) is 8.89. The van der Waals surface area contributed by atoms with E-state index in [0.717, 1.165) is 27.7 Å².